The predicted octanol–water partition coefficient (Wildman–Crippen LogP) is 4.90. The fourth-order valence-electron chi connectivity index (χ4n) is 3.32. The van der Waals surface area contributed by atoms with Gasteiger partial charge in [-0.1, -0.05) is 17.7 Å². The highest BCUT2D eigenvalue weighted by Crippen LogP contribution is 2.36. The number of nitrogens with zero attached hydrogens (tertiary/aromatic N) is 3. The first-order chi connectivity index (χ1) is 18.0. The number of carboxylic acid groups (broad SMARTS) is 1. The lowest BCUT2D eigenvalue weighted by molar-refractivity contribution is -0.151. The summed E-state index contributed by atoms with van der Waals surface area (Å²) >= 11 is 6.09. The molecule has 3 aromatic rings. The van der Waals surface area contributed by atoms with E-state index in [2.05, 4.69) is 5.10 Å². The Balaban J connectivity index is 1.87. The summed E-state index contributed by atoms with van der Waals surface area (Å²) in [7, 11) is 0. The third-order valence-electron chi connectivity index (χ3n) is 5.13. The average molecular weight is 550 g/mol. The van der Waals surface area contributed by atoms with Crippen LogP contribution in [-0.2, 0) is 27.5 Å². The van der Waals surface area contributed by atoms with Crippen molar-refractivity contribution in [3.8, 4) is 17.6 Å². The van der Waals surface area contributed by atoms with Gasteiger partial charge in [-0.15, -0.1) is 0 Å². The number of carbonyl (C=O) groups excluding carboxylic acids is 1. The number of benzene rings is 2. The number of aryl methyl sites for hydroxylation is 1. The van der Waals surface area contributed by atoms with Gasteiger partial charge >= 0.3 is 11.9 Å². The largest absolute Gasteiger partial charge is 0.481 e. The van der Waals surface area contributed by atoms with Crippen molar-refractivity contribution >= 4 is 23.5 Å². The Bertz CT molecular complexity index is 1490. The van der Waals surface area contributed by atoms with Crippen molar-refractivity contribution in [1.82, 2.24) is 9.78 Å². The summed E-state index contributed by atoms with van der Waals surface area (Å²) in [6.07, 6.45) is -3.88. The fourth-order valence-corrected chi connectivity index (χ4v) is 3.51. The highest BCUT2D eigenvalue weighted by atomic mass is 35.5. The van der Waals surface area contributed by atoms with Gasteiger partial charge in [0.2, 0.25) is 0 Å². The number of hydrogen-bond donors (Lipinski definition) is 1. The van der Waals surface area contributed by atoms with E-state index in [4.69, 9.17) is 31.4 Å². The van der Waals surface area contributed by atoms with Crippen LogP contribution in [0.4, 0.5) is 13.2 Å². The molecule has 0 bridgehead atoms. The van der Waals surface area contributed by atoms with Gasteiger partial charge in [-0.3, -0.25) is 14.4 Å². The van der Waals surface area contributed by atoms with Gasteiger partial charge in [0.05, 0.1) is 35.2 Å². The Labute approximate surface area is 218 Å². The maximum Gasteiger partial charge on any atom is 0.308 e. The highest BCUT2D eigenvalue weighted by molar-refractivity contribution is 6.32. The Morgan fingerprint density at radius 3 is 2.61 bits per heavy atom. The molecule has 2 aromatic carbocycles. The Morgan fingerprint density at radius 1 is 1.21 bits per heavy atom. The molecule has 198 valence electrons. The minimum atomic E-state index is -2.89. The van der Waals surface area contributed by atoms with Crippen molar-refractivity contribution in [3.63, 3.8) is 0 Å². The molecule has 3 rings (SSSR count). The van der Waals surface area contributed by atoms with Crippen LogP contribution in [0.25, 0.3) is 0 Å². The lowest BCUT2D eigenvalue weighted by atomic mass is 10.1. The zero-order valence-corrected chi connectivity index (χ0v) is 20.5. The molecule has 0 radical (unpaired) electrons. The van der Waals surface area contributed by atoms with Crippen molar-refractivity contribution in [3.05, 3.63) is 85.5 Å². The zero-order chi connectivity index (χ0) is 28.0. The van der Waals surface area contributed by atoms with E-state index < -0.39 is 60.6 Å². The lowest BCUT2D eigenvalue weighted by Crippen LogP contribution is -2.28. The topological polar surface area (TPSA) is 132 Å². The molecule has 0 unspecified atom stereocenters. The van der Waals surface area contributed by atoms with Crippen molar-refractivity contribution in [2.45, 2.75) is 39.3 Å². The van der Waals surface area contributed by atoms with Gasteiger partial charge in [0, 0.05) is 17.5 Å². The van der Waals surface area contributed by atoms with Crippen LogP contribution >= 0.6 is 11.6 Å². The molecule has 1 heterocycles. The molecule has 1 N–H and O–H groups in total. The van der Waals surface area contributed by atoms with E-state index >= 15 is 4.39 Å². The molecular weight excluding hydrogens is 531 g/mol. The van der Waals surface area contributed by atoms with Gasteiger partial charge in [-0.25, -0.2) is 13.2 Å². The third kappa shape index (κ3) is 7.10. The maximum absolute atomic E-state index is 15.4. The van der Waals surface area contributed by atoms with Gasteiger partial charge < -0.3 is 14.6 Å². The molecule has 0 spiro atoms. The average Bonchev–Trinajstić information content (AvgIpc) is 2.87. The lowest BCUT2D eigenvalue weighted by Gasteiger charge is -2.14. The monoisotopic (exact) mass is 549 g/mol. The number of aliphatic carboxylic acids is 1. The Hall–Kier alpha value is -4.37. The van der Waals surface area contributed by atoms with Crippen LogP contribution in [0.3, 0.4) is 0 Å². The number of alkyl halides is 2. The number of ether oxygens (including phenoxy) is 2. The number of halogens is 4. The summed E-state index contributed by atoms with van der Waals surface area (Å²) in [6.45, 7) is 0.900. The number of carbonyl (C=O) groups is 2. The number of esters is 1. The molecule has 0 aliphatic rings. The van der Waals surface area contributed by atoms with Gasteiger partial charge in [0.1, 0.15) is 5.75 Å². The number of carboxylic acids is 1. The summed E-state index contributed by atoms with van der Waals surface area (Å²) < 4.78 is 53.0. The minimum Gasteiger partial charge on any atom is -0.481 e. The SMILES string of the molecule is Cc1cc(Cc2ccc(Cl)c(Oc3cc(C#N)cc(C(F)F)c3)c2F)nn(COC(=O)CCC(=O)O)c1=O. The number of hydrogen-bond acceptors (Lipinski definition) is 7. The molecular formula is C25H19ClF3N3O6. The normalized spacial score (nSPS) is 10.8. The van der Waals surface area contributed by atoms with E-state index in [0.717, 1.165) is 22.9 Å². The molecule has 13 heteroatoms. The molecule has 1 aromatic heterocycles. The molecule has 0 atom stereocenters. The molecule has 0 amide bonds. The predicted molar refractivity (Wildman–Crippen MR) is 127 cm³/mol. The zero-order valence-electron chi connectivity index (χ0n) is 19.7. The van der Waals surface area contributed by atoms with Gasteiger partial charge in [-0.05, 0) is 42.8 Å². The molecule has 0 aliphatic heterocycles. The van der Waals surface area contributed by atoms with Crippen molar-refractivity contribution in [2.24, 2.45) is 0 Å². The van der Waals surface area contributed by atoms with E-state index in [-0.39, 0.29) is 39.6 Å². The van der Waals surface area contributed by atoms with Crippen LogP contribution in [-0.4, -0.2) is 26.8 Å². The summed E-state index contributed by atoms with van der Waals surface area (Å²) in [5, 5.41) is 21.7. The number of rotatable bonds is 10. The minimum absolute atomic E-state index is 0.0328. The first-order valence-electron chi connectivity index (χ1n) is 10.9. The van der Waals surface area contributed by atoms with Crippen LogP contribution in [0.2, 0.25) is 5.02 Å². The molecule has 0 fully saturated rings. The molecule has 0 aliphatic carbocycles. The molecule has 9 nitrogen and oxygen atoms in total. The summed E-state index contributed by atoms with van der Waals surface area (Å²) in [4.78, 5) is 34.6. The molecule has 0 saturated heterocycles. The van der Waals surface area contributed by atoms with E-state index in [1.54, 1.807) is 6.07 Å². The van der Waals surface area contributed by atoms with Crippen LogP contribution in [0.15, 0.2) is 41.2 Å². The quantitative estimate of drug-likeness (QED) is 0.353. The van der Waals surface area contributed by atoms with Crippen molar-refractivity contribution in [1.29, 1.82) is 5.26 Å². The van der Waals surface area contributed by atoms with Crippen LogP contribution in [0, 0.1) is 24.1 Å². The second kappa shape index (κ2) is 12.2. The van der Waals surface area contributed by atoms with Gasteiger partial charge in [0.15, 0.2) is 18.3 Å². The van der Waals surface area contributed by atoms with E-state index in [1.807, 2.05) is 0 Å². The van der Waals surface area contributed by atoms with Crippen LogP contribution in [0.5, 0.6) is 11.5 Å². The van der Waals surface area contributed by atoms with Crippen LogP contribution in [0.1, 0.15) is 47.2 Å². The van der Waals surface area contributed by atoms with Crippen molar-refractivity contribution < 1.29 is 37.3 Å². The second-order valence-electron chi connectivity index (χ2n) is 7.99. The maximum atomic E-state index is 15.4. The number of aromatic nitrogens is 2. The molecule has 0 saturated carbocycles. The Kier molecular flexibility index (Phi) is 9.09. The summed E-state index contributed by atoms with van der Waals surface area (Å²) in [5.74, 6) is -3.63. The Morgan fingerprint density at radius 2 is 1.95 bits per heavy atom. The smallest absolute Gasteiger partial charge is 0.308 e. The third-order valence-corrected chi connectivity index (χ3v) is 5.42. The first-order valence-corrected chi connectivity index (χ1v) is 11.3. The first kappa shape index (κ1) is 28.2. The van der Waals surface area contributed by atoms with Gasteiger partial charge in [0.25, 0.3) is 12.0 Å². The van der Waals surface area contributed by atoms with Crippen molar-refractivity contribution in [2.75, 3.05) is 0 Å². The second-order valence-corrected chi connectivity index (χ2v) is 8.40. The van der Waals surface area contributed by atoms with Crippen LogP contribution < -0.4 is 10.3 Å². The highest BCUT2D eigenvalue weighted by Gasteiger charge is 2.19. The standard InChI is InChI=1S/C25H19ClF3N3O6/c1-13-6-17(31-32(25(13)36)12-37-21(35)5-4-20(33)34)9-15-2-3-19(26)23(22(15)27)38-18-8-14(11-30)7-16(10-18)24(28)29/h2-3,6-8,10,24H,4-5,9,12H2,1H3,(H,33,34). The van der Waals surface area contributed by atoms with Gasteiger partial charge in [-0.2, -0.15) is 15.0 Å². The van der Waals surface area contributed by atoms with E-state index in [0.29, 0.717) is 0 Å². The summed E-state index contributed by atoms with van der Waals surface area (Å²) in [6, 6.07) is 8.92. The molecule has 38 heavy (non-hydrogen) atoms. The summed E-state index contributed by atoms with van der Waals surface area (Å²) in [5.41, 5.74) is -0.718. The van der Waals surface area contributed by atoms with E-state index in [9.17, 15) is 23.2 Å². The van der Waals surface area contributed by atoms with E-state index in [1.165, 1.54) is 25.1 Å². The number of nitriles is 1. The fraction of sp³-hybridized carbons (Fsp3) is 0.240.